The van der Waals surface area contributed by atoms with Crippen LogP contribution in [0.5, 0.6) is 0 Å². The van der Waals surface area contributed by atoms with Crippen molar-refractivity contribution in [2.45, 2.75) is 83.7 Å². The van der Waals surface area contributed by atoms with Gasteiger partial charge in [-0.15, -0.1) is 0 Å². The van der Waals surface area contributed by atoms with E-state index in [0.717, 1.165) is 23.9 Å². The Morgan fingerprint density at radius 3 is 2.38 bits per heavy atom. The third-order valence-electron chi connectivity index (χ3n) is 4.79. The van der Waals surface area contributed by atoms with Crippen molar-refractivity contribution in [3.8, 4) is 0 Å². The van der Waals surface area contributed by atoms with Crippen LogP contribution >= 0.6 is 0 Å². The van der Waals surface area contributed by atoms with Crippen molar-refractivity contribution in [3.63, 3.8) is 0 Å². The van der Waals surface area contributed by atoms with Crippen LogP contribution in [0.2, 0.25) is 0 Å². The van der Waals surface area contributed by atoms with Gasteiger partial charge in [-0.05, 0) is 38.0 Å². The lowest BCUT2D eigenvalue weighted by Crippen LogP contribution is -2.41. The zero-order valence-electron chi connectivity index (χ0n) is 11.2. The van der Waals surface area contributed by atoms with E-state index in [0.29, 0.717) is 0 Å². The molecule has 2 aliphatic rings. The van der Waals surface area contributed by atoms with Crippen LogP contribution in [-0.4, -0.2) is 12.1 Å². The van der Waals surface area contributed by atoms with Gasteiger partial charge in [0, 0.05) is 12.1 Å². The maximum atomic E-state index is 3.88. The van der Waals surface area contributed by atoms with Gasteiger partial charge < -0.3 is 5.32 Å². The lowest BCUT2D eigenvalue weighted by Gasteiger charge is -2.34. The number of hydrogen-bond donors (Lipinski definition) is 1. The molecule has 1 N–H and O–H groups in total. The Morgan fingerprint density at radius 2 is 1.75 bits per heavy atom. The van der Waals surface area contributed by atoms with E-state index < -0.39 is 0 Å². The summed E-state index contributed by atoms with van der Waals surface area (Å²) in [5.74, 6) is 2.05. The average molecular weight is 223 g/mol. The topological polar surface area (TPSA) is 12.0 Å². The highest BCUT2D eigenvalue weighted by molar-refractivity contribution is 4.81. The second-order valence-electron chi connectivity index (χ2n) is 6.24. The van der Waals surface area contributed by atoms with Gasteiger partial charge in [-0.1, -0.05) is 45.4 Å². The molecule has 2 fully saturated rings. The van der Waals surface area contributed by atoms with Crippen LogP contribution in [0.4, 0.5) is 0 Å². The minimum atomic E-state index is 0.755. The molecular formula is C15H29N. The first-order chi connectivity index (χ1) is 7.78. The Labute approximate surface area is 101 Å². The van der Waals surface area contributed by atoms with E-state index in [9.17, 15) is 0 Å². The summed E-state index contributed by atoms with van der Waals surface area (Å²) in [5, 5.41) is 3.88. The first kappa shape index (κ1) is 12.4. The van der Waals surface area contributed by atoms with E-state index in [2.05, 4.69) is 19.2 Å². The molecule has 1 heteroatoms. The van der Waals surface area contributed by atoms with Crippen molar-refractivity contribution in [2.24, 2.45) is 11.8 Å². The van der Waals surface area contributed by atoms with Gasteiger partial charge in [0.1, 0.15) is 0 Å². The smallest absolute Gasteiger partial charge is 0.00721 e. The molecule has 16 heavy (non-hydrogen) atoms. The van der Waals surface area contributed by atoms with E-state index in [1.165, 1.54) is 57.8 Å². The number of rotatable bonds is 5. The van der Waals surface area contributed by atoms with Crippen molar-refractivity contribution in [3.05, 3.63) is 0 Å². The predicted octanol–water partition coefficient (Wildman–Crippen LogP) is 4.12. The molecule has 0 aromatic rings. The molecule has 0 aromatic carbocycles. The Kier molecular flexibility index (Phi) is 4.69. The van der Waals surface area contributed by atoms with Gasteiger partial charge in [0.05, 0.1) is 0 Å². The maximum Gasteiger partial charge on any atom is 0.00721 e. The van der Waals surface area contributed by atoms with Gasteiger partial charge in [-0.2, -0.15) is 0 Å². The van der Waals surface area contributed by atoms with Crippen molar-refractivity contribution in [1.29, 1.82) is 0 Å². The fourth-order valence-electron chi connectivity index (χ4n) is 3.51. The molecule has 0 bridgehead atoms. The van der Waals surface area contributed by atoms with E-state index in [-0.39, 0.29) is 0 Å². The highest BCUT2D eigenvalue weighted by Gasteiger charge is 2.24. The molecule has 0 aliphatic heterocycles. The van der Waals surface area contributed by atoms with E-state index in [1.807, 2.05) is 0 Å². The lowest BCUT2D eigenvalue weighted by molar-refractivity contribution is 0.225. The molecule has 0 aromatic heterocycles. The molecule has 0 saturated heterocycles. The van der Waals surface area contributed by atoms with Crippen molar-refractivity contribution in [2.75, 3.05) is 0 Å². The summed E-state index contributed by atoms with van der Waals surface area (Å²) in [5.41, 5.74) is 0. The molecule has 0 amide bonds. The second-order valence-corrected chi connectivity index (χ2v) is 6.24. The highest BCUT2D eigenvalue weighted by Crippen LogP contribution is 2.31. The molecule has 1 nitrogen and oxygen atoms in total. The summed E-state index contributed by atoms with van der Waals surface area (Å²) >= 11 is 0. The monoisotopic (exact) mass is 223 g/mol. The predicted molar refractivity (Wildman–Crippen MR) is 70.6 cm³/mol. The molecule has 0 spiro atoms. The standard InChI is InChI=1S/C15H29N/c1-3-13-6-5-9-15(11-13)16-12(2)10-14-7-4-8-14/h12-16H,3-11H2,1-2H3. The summed E-state index contributed by atoms with van der Waals surface area (Å²) in [4.78, 5) is 0. The van der Waals surface area contributed by atoms with E-state index >= 15 is 0 Å². The minimum Gasteiger partial charge on any atom is -0.311 e. The maximum absolute atomic E-state index is 3.88. The van der Waals surface area contributed by atoms with Crippen LogP contribution in [0.1, 0.15) is 71.6 Å². The molecular weight excluding hydrogens is 194 g/mol. The summed E-state index contributed by atoms with van der Waals surface area (Å²) in [6.07, 6.45) is 13.1. The van der Waals surface area contributed by atoms with Crippen LogP contribution in [0, 0.1) is 11.8 Å². The number of hydrogen-bond acceptors (Lipinski definition) is 1. The molecule has 0 heterocycles. The first-order valence-corrected chi connectivity index (χ1v) is 7.54. The van der Waals surface area contributed by atoms with Gasteiger partial charge in [0.2, 0.25) is 0 Å². The lowest BCUT2D eigenvalue weighted by atomic mass is 9.80. The zero-order chi connectivity index (χ0) is 11.4. The summed E-state index contributed by atoms with van der Waals surface area (Å²) in [7, 11) is 0. The van der Waals surface area contributed by atoms with Gasteiger partial charge in [-0.3, -0.25) is 0 Å². The highest BCUT2D eigenvalue weighted by atomic mass is 14.9. The molecule has 3 atom stereocenters. The third kappa shape index (κ3) is 3.48. The average Bonchev–Trinajstić information content (AvgIpc) is 2.24. The van der Waals surface area contributed by atoms with E-state index in [4.69, 9.17) is 0 Å². The first-order valence-electron chi connectivity index (χ1n) is 7.54. The summed E-state index contributed by atoms with van der Waals surface area (Å²) in [6, 6.07) is 1.58. The summed E-state index contributed by atoms with van der Waals surface area (Å²) in [6.45, 7) is 4.75. The summed E-state index contributed by atoms with van der Waals surface area (Å²) < 4.78 is 0. The van der Waals surface area contributed by atoms with E-state index in [1.54, 1.807) is 0 Å². The fourth-order valence-corrected chi connectivity index (χ4v) is 3.51. The second kappa shape index (κ2) is 6.05. The van der Waals surface area contributed by atoms with Gasteiger partial charge in [0.25, 0.3) is 0 Å². The van der Waals surface area contributed by atoms with Gasteiger partial charge >= 0.3 is 0 Å². The van der Waals surface area contributed by atoms with Crippen LogP contribution in [0.15, 0.2) is 0 Å². The molecule has 2 aliphatic carbocycles. The third-order valence-corrected chi connectivity index (χ3v) is 4.79. The van der Waals surface area contributed by atoms with Gasteiger partial charge in [0.15, 0.2) is 0 Å². The van der Waals surface area contributed by atoms with Crippen molar-refractivity contribution in [1.82, 2.24) is 5.32 Å². The molecule has 2 rings (SSSR count). The fraction of sp³-hybridized carbons (Fsp3) is 1.00. The van der Waals surface area contributed by atoms with Crippen LogP contribution in [0.25, 0.3) is 0 Å². The Balaban J connectivity index is 1.66. The number of nitrogens with one attached hydrogen (secondary N) is 1. The minimum absolute atomic E-state index is 0.755. The van der Waals surface area contributed by atoms with Crippen LogP contribution < -0.4 is 5.32 Å². The Morgan fingerprint density at radius 1 is 1.06 bits per heavy atom. The van der Waals surface area contributed by atoms with Crippen molar-refractivity contribution >= 4 is 0 Å². The Bertz CT molecular complexity index is 198. The molecule has 3 unspecified atom stereocenters. The molecule has 94 valence electrons. The molecule has 0 radical (unpaired) electrons. The Hall–Kier alpha value is -0.0400. The largest absolute Gasteiger partial charge is 0.311 e. The quantitative estimate of drug-likeness (QED) is 0.739. The van der Waals surface area contributed by atoms with Crippen LogP contribution in [0.3, 0.4) is 0 Å². The SMILES string of the molecule is CCC1CCCC(NC(C)CC2CCC2)C1. The molecule has 2 saturated carbocycles. The normalized spacial score (nSPS) is 33.4. The van der Waals surface area contributed by atoms with Crippen molar-refractivity contribution < 1.29 is 0 Å². The zero-order valence-corrected chi connectivity index (χ0v) is 11.2. The van der Waals surface area contributed by atoms with Crippen LogP contribution in [-0.2, 0) is 0 Å². The van der Waals surface area contributed by atoms with Gasteiger partial charge in [-0.25, -0.2) is 0 Å².